The maximum Gasteiger partial charge on any atom is 0.287 e. The highest BCUT2D eigenvalue weighted by molar-refractivity contribution is 6.32. The Balaban J connectivity index is 1.69. The molecule has 0 spiro atoms. The van der Waals surface area contributed by atoms with Crippen LogP contribution < -0.4 is 10.9 Å². The standard InChI is InChI=1S/C21H22ClN3O2/c1-15(19(26)12-16-8-4-2-5-9-16)24-18-13-23-25(21(27)20(18)22)14-17-10-6-3-7-11-17/h2-11,13,15,19,24,26H,12,14H2,1H3. The minimum atomic E-state index is -0.629. The van der Waals surface area contributed by atoms with Crippen LogP contribution in [0.1, 0.15) is 18.1 Å². The van der Waals surface area contributed by atoms with Gasteiger partial charge in [0.25, 0.3) is 5.56 Å². The van der Waals surface area contributed by atoms with Crippen LogP contribution in [-0.4, -0.2) is 27.0 Å². The minimum Gasteiger partial charge on any atom is -0.391 e. The van der Waals surface area contributed by atoms with Crippen molar-refractivity contribution in [2.75, 3.05) is 5.32 Å². The molecule has 0 saturated heterocycles. The zero-order valence-corrected chi connectivity index (χ0v) is 15.8. The lowest BCUT2D eigenvalue weighted by atomic mass is 10.0. The van der Waals surface area contributed by atoms with Crippen LogP contribution in [0.3, 0.4) is 0 Å². The Bertz CT molecular complexity index is 929. The fraction of sp³-hybridized carbons (Fsp3) is 0.238. The van der Waals surface area contributed by atoms with Gasteiger partial charge in [-0.25, -0.2) is 4.68 Å². The van der Waals surface area contributed by atoms with Gasteiger partial charge in [-0.2, -0.15) is 5.10 Å². The highest BCUT2D eigenvalue weighted by atomic mass is 35.5. The molecule has 1 aromatic heterocycles. The first kappa shape index (κ1) is 19.1. The van der Waals surface area contributed by atoms with Crippen LogP contribution >= 0.6 is 11.6 Å². The summed E-state index contributed by atoms with van der Waals surface area (Å²) in [5.41, 5.74) is 2.07. The van der Waals surface area contributed by atoms with Crippen LogP contribution in [0, 0.1) is 0 Å². The molecular weight excluding hydrogens is 362 g/mol. The maximum atomic E-state index is 12.5. The van der Waals surface area contributed by atoms with Gasteiger partial charge < -0.3 is 10.4 Å². The number of anilines is 1. The van der Waals surface area contributed by atoms with Gasteiger partial charge in [0.1, 0.15) is 5.02 Å². The van der Waals surface area contributed by atoms with E-state index < -0.39 is 6.10 Å². The predicted molar refractivity (Wildman–Crippen MR) is 108 cm³/mol. The van der Waals surface area contributed by atoms with Crippen molar-refractivity contribution in [3.63, 3.8) is 0 Å². The molecule has 0 amide bonds. The number of hydrogen-bond donors (Lipinski definition) is 2. The first-order valence-corrected chi connectivity index (χ1v) is 9.20. The molecule has 2 aromatic carbocycles. The van der Waals surface area contributed by atoms with Gasteiger partial charge in [0.15, 0.2) is 0 Å². The highest BCUT2D eigenvalue weighted by Crippen LogP contribution is 2.18. The van der Waals surface area contributed by atoms with E-state index in [1.54, 1.807) is 0 Å². The molecule has 0 fully saturated rings. The lowest BCUT2D eigenvalue weighted by Gasteiger charge is -2.22. The number of nitrogens with zero attached hydrogens (tertiary/aromatic N) is 2. The number of aliphatic hydroxyl groups excluding tert-OH is 1. The maximum absolute atomic E-state index is 12.5. The molecule has 140 valence electrons. The summed E-state index contributed by atoms with van der Waals surface area (Å²) in [6.45, 7) is 2.20. The van der Waals surface area contributed by atoms with Crippen molar-refractivity contribution in [2.45, 2.75) is 32.0 Å². The summed E-state index contributed by atoms with van der Waals surface area (Å²) in [5.74, 6) is 0. The van der Waals surface area contributed by atoms with E-state index in [1.165, 1.54) is 10.9 Å². The molecule has 27 heavy (non-hydrogen) atoms. The van der Waals surface area contributed by atoms with E-state index in [2.05, 4.69) is 10.4 Å². The Morgan fingerprint density at radius 1 is 1.07 bits per heavy atom. The Labute approximate surface area is 163 Å². The second kappa shape index (κ2) is 8.84. The van der Waals surface area contributed by atoms with E-state index in [-0.39, 0.29) is 16.6 Å². The molecule has 5 nitrogen and oxygen atoms in total. The zero-order chi connectivity index (χ0) is 19.2. The number of nitrogens with one attached hydrogen (secondary N) is 1. The van der Waals surface area contributed by atoms with E-state index in [0.717, 1.165) is 11.1 Å². The van der Waals surface area contributed by atoms with Crippen LogP contribution in [0.4, 0.5) is 5.69 Å². The smallest absolute Gasteiger partial charge is 0.287 e. The number of benzene rings is 2. The second-order valence-electron chi connectivity index (χ2n) is 6.51. The lowest BCUT2D eigenvalue weighted by molar-refractivity contribution is 0.158. The third kappa shape index (κ3) is 4.96. The summed E-state index contributed by atoms with van der Waals surface area (Å²) in [7, 11) is 0. The lowest BCUT2D eigenvalue weighted by Crippen LogP contribution is -2.34. The average Bonchev–Trinajstić information content (AvgIpc) is 2.69. The summed E-state index contributed by atoms with van der Waals surface area (Å²) in [5, 5.41) is 17.8. The van der Waals surface area contributed by atoms with Crippen LogP contribution in [0.15, 0.2) is 71.7 Å². The highest BCUT2D eigenvalue weighted by Gasteiger charge is 2.18. The fourth-order valence-electron chi connectivity index (χ4n) is 2.81. The quantitative estimate of drug-likeness (QED) is 0.656. The molecule has 6 heteroatoms. The van der Waals surface area contributed by atoms with Crippen LogP contribution in [-0.2, 0) is 13.0 Å². The van der Waals surface area contributed by atoms with E-state index in [4.69, 9.17) is 11.6 Å². The van der Waals surface area contributed by atoms with Gasteiger partial charge in [0.2, 0.25) is 0 Å². The van der Waals surface area contributed by atoms with Crippen LogP contribution in [0.25, 0.3) is 0 Å². The minimum absolute atomic E-state index is 0.0692. The van der Waals surface area contributed by atoms with E-state index >= 15 is 0 Å². The molecule has 0 bridgehead atoms. The Morgan fingerprint density at radius 2 is 1.67 bits per heavy atom. The van der Waals surface area contributed by atoms with Gasteiger partial charge in [0.05, 0.1) is 24.5 Å². The van der Waals surface area contributed by atoms with Crippen molar-refractivity contribution in [3.05, 3.63) is 93.4 Å². The summed E-state index contributed by atoms with van der Waals surface area (Å²) in [4.78, 5) is 12.5. The Morgan fingerprint density at radius 3 is 2.30 bits per heavy atom. The predicted octanol–water partition coefficient (Wildman–Crippen LogP) is 3.35. The van der Waals surface area contributed by atoms with Crippen molar-refractivity contribution in [1.82, 2.24) is 9.78 Å². The summed E-state index contributed by atoms with van der Waals surface area (Å²) in [6.07, 6.45) is 1.40. The number of aromatic nitrogens is 2. The Kier molecular flexibility index (Phi) is 6.27. The van der Waals surface area contributed by atoms with Gasteiger partial charge >= 0.3 is 0 Å². The van der Waals surface area contributed by atoms with Crippen molar-refractivity contribution in [2.24, 2.45) is 0 Å². The van der Waals surface area contributed by atoms with Gasteiger partial charge in [-0.1, -0.05) is 72.3 Å². The third-order valence-corrected chi connectivity index (χ3v) is 4.77. The molecule has 0 aliphatic heterocycles. The van der Waals surface area contributed by atoms with E-state index in [0.29, 0.717) is 18.7 Å². The number of aliphatic hydroxyl groups is 1. The number of hydrogen-bond acceptors (Lipinski definition) is 4. The average molecular weight is 384 g/mol. The Hall–Kier alpha value is -2.63. The molecule has 2 N–H and O–H groups in total. The van der Waals surface area contributed by atoms with Crippen molar-refractivity contribution >= 4 is 17.3 Å². The zero-order valence-electron chi connectivity index (χ0n) is 15.0. The first-order chi connectivity index (χ1) is 13.0. The topological polar surface area (TPSA) is 67.2 Å². The monoisotopic (exact) mass is 383 g/mol. The molecule has 3 rings (SSSR count). The number of halogens is 1. The van der Waals surface area contributed by atoms with Gasteiger partial charge in [-0.05, 0) is 18.1 Å². The molecular formula is C21H22ClN3O2. The van der Waals surface area contributed by atoms with Crippen molar-refractivity contribution in [1.29, 1.82) is 0 Å². The van der Waals surface area contributed by atoms with Gasteiger partial charge in [0, 0.05) is 12.5 Å². The van der Waals surface area contributed by atoms with Crippen molar-refractivity contribution in [3.8, 4) is 0 Å². The van der Waals surface area contributed by atoms with E-state index in [9.17, 15) is 9.90 Å². The first-order valence-electron chi connectivity index (χ1n) is 8.82. The summed E-state index contributed by atoms with van der Waals surface area (Å²) < 4.78 is 1.33. The number of rotatable bonds is 7. The molecule has 0 saturated carbocycles. The molecule has 0 aliphatic rings. The van der Waals surface area contributed by atoms with Crippen molar-refractivity contribution < 1.29 is 5.11 Å². The molecule has 3 aromatic rings. The molecule has 2 unspecified atom stereocenters. The van der Waals surface area contributed by atoms with Gasteiger partial charge in [-0.3, -0.25) is 4.79 Å². The second-order valence-corrected chi connectivity index (χ2v) is 6.89. The normalized spacial score (nSPS) is 13.1. The summed E-state index contributed by atoms with van der Waals surface area (Å²) in [6, 6.07) is 19.0. The molecule has 2 atom stereocenters. The fourth-order valence-corrected chi connectivity index (χ4v) is 3.01. The summed E-state index contributed by atoms with van der Waals surface area (Å²) >= 11 is 6.26. The van der Waals surface area contributed by atoms with Gasteiger partial charge in [-0.15, -0.1) is 0 Å². The van der Waals surface area contributed by atoms with Crippen LogP contribution in [0.2, 0.25) is 5.02 Å². The molecule has 0 radical (unpaired) electrons. The van der Waals surface area contributed by atoms with E-state index in [1.807, 2.05) is 67.6 Å². The molecule has 1 heterocycles. The third-order valence-electron chi connectivity index (χ3n) is 4.41. The van der Waals surface area contributed by atoms with Crippen LogP contribution in [0.5, 0.6) is 0 Å². The SMILES string of the molecule is CC(Nc1cnn(Cc2ccccc2)c(=O)c1Cl)C(O)Cc1ccccc1. The largest absolute Gasteiger partial charge is 0.391 e. The molecule has 0 aliphatic carbocycles.